The lowest BCUT2D eigenvalue weighted by Gasteiger charge is -2.11. The van der Waals surface area contributed by atoms with E-state index >= 15 is 0 Å². The van der Waals surface area contributed by atoms with Crippen LogP contribution >= 0.6 is 0 Å². The quantitative estimate of drug-likeness (QED) is 0.563. The van der Waals surface area contributed by atoms with E-state index in [0.29, 0.717) is 0 Å². The lowest BCUT2D eigenvalue weighted by atomic mass is 10.1. The predicted molar refractivity (Wildman–Crippen MR) is 45.7 cm³/mol. The van der Waals surface area contributed by atoms with E-state index in [0.717, 1.165) is 6.26 Å². The molecule has 0 amide bonds. The van der Waals surface area contributed by atoms with Crippen molar-refractivity contribution in [3.63, 3.8) is 0 Å². The van der Waals surface area contributed by atoms with E-state index in [2.05, 4.69) is 0 Å². The number of rotatable bonds is 0. The number of nitrogens with zero attached hydrogens (tertiary/aromatic N) is 1. The van der Waals surface area contributed by atoms with Crippen LogP contribution in [0.1, 0.15) is 11.1 Å². The highest BCUT2D eigenvalue weighted by Gasteiger charge is 2.36. The molecule has 9 heteroatoms. The van der Waals surface area contributed by atoms with Gasteiger partial charge in [-0.05, 0) is 18.2 Å². The summed E-state index contributed by atoms with van der Waals surface area (Å²) in [6.07, 6.45) is -9.09. The third-order valence-electron chi connectivity index (χ3n) is 1.57. The van der Waals surface area contributed by atoms with E-state index in [1.54, 1.807) is 0 Å². The average Bonchev–Trinajstić information content (AvgIpc) is 2.15. The first kappa shape index (κ1) is 15.9. The van der Waals surface area contributed by atoms with Crippen molar-refractivity contribution in [1.82, 2.24) is 0 Å². The predicted octanol–water partition coefficient (Wildman–Crippen LogP) is 3.27. The van der Waals surface area contributed by atoms with Crippen LogP contribution in [0.25, 0.3) is 0 Å². The molecule has 0 atom stereocenters. The highest BCUT2D eigenvalue weighted by atomic mass is 19.4. The van der Waals surface area contributed by atoms with Gasteiger partial charge in [-0.3, -0.25) is 0 Å². The van der Waals surface area contributed by atoms with Crippen molar-refractivity contribution >= 4 is 0 Å². The minimum Gasteiger partial charge on any atom is -0.508 e. The number of phenolic OH excluding ortho intramolecular Hbond substituents is 1. The Labute approximate surface area is 96.5 Å². The average molecular weight is 273 g/mol. The number of halogens is 6. The van der Waals surface area contributed by atoms with Crippen LogP contribution in [-0.2, 0) is 12.4 Å². The molecule has 0 aliphatic carbocycles. The van der Waals surface area contributed by atoms with Crippen LogP contribution in [0.15, 0.2) is 18.2 Å². The highest BCUT2D eigenvalue weighted by molar-refractivity contribution is 5.36. The fourth-order valence-electron chi connectivity index (χ4n) is 0.939. The van der Waals surface area contributed by atoms with Crippen LogP contribution in [0.4, 0.5) is 26.3 Å². The van der Waals surface area contributed by atoms with Gasteiger partial charge in [-0.25, -0.2) is 0 Å². The lowest BCUT2D eigenvalue weighted by molar-refractivity contribution is -0.143. The van der Waals surface area contributed by atoms with E-state index in [1.165, 1.54) is 0 Å². The minimum atomic E-state index is -4.92. The topological polar surface area (TPSA) is 64.2 Å². The SMILES string of the molecule is N#CO.Oc1cc(C(F)(F)F)cc(C(F)(F)F)c1. The van der Waals surface area contributed by atoms with Crippen molar-refractivity contribution in [3.8, 4) is 12.0 Å². The van der Waals surface area contributed by atoms with Gasteiger partial charge in [-0.15, -0.1) is 0 Å². The van der Waals surface area contributed by atoms with Crippen molar-refractivity contribution in [2.24, 2.45) is 0 Å². The lowest BCUT2D eigenvalue weighted by Crippen LogP contribution is -2.10. The van der Waals surface area contributed by atoms with Crippen molar-refractivity contribution in [1.29, 1.82) is 5.26 Å². The van der Waals surface area contributed by atoms with E-state index in [1.807, 2.05) is 0 Å². The molecule has 0 unspecified atom stereocenters. The van der Waals surface area contributed by atoms with Crippen LogP contribution in [0.2, 0.25) is 0 Å². The zero-order valence-corrected chi connectivity index (χ0v) is 8.34. The first-order valence-electron chi connectivity index (χ1n) is 4.04. The van der Waals surface area contributed by atoms with Gasteiger partial charge >= 0.3 is 12.4 Å². The molecule has 0 saturated heterocycles. The molecular weight excluding hydrogens is 268 g/mol. The fourth-order valence-corrected chi connectivity index (χ4v) is 0.939. The Bertz CT molecular complexity index is 414. The molecular formula is C9H5F6NO2. The number of nitriles is 1. The molecule has 1 aromatic rings. The van der Waals surface area contributed by atoms with Crippen LogP contribution in [0, 0.1) is 11.5 Å². The first-order valence-corrected chi connectivity index (χ1v) is 4.04. The maximum atomic E-state index is 12.1. The number of phenols is 1. The molecule has 0 aliphatic heterocycles. The van der Waals surface area contributed by atoms with Gasteiger partial charge in [0.2, 0.25) is 0 Å². The van der Waals surface area contributed by atoms with Gasteiger partial charge in [0, 0.05) is 0 Å². The summed E-state index contributed by atoms with van der Waals surface area (Å²) in [6, 6.07) is 0.407. The second-order valence-electron chi connectivity index (χ2n) is 2.86. The monoisotopic (exact) mass is 273 g/mol. The zero-order chi connectivity index (χ0) is 14.6. The van der Waals surface area contributed by atoms with E-state index < -0.39 is 29.2 Å². The zero-order valence-electron chi connectivity index (χ0n) is 8.34. The molecule has 2 N–H and O–H groups in total. The molecule has 0 saturated carbocycles. The summed E-state index contributed by atoms with van der Waals surface area (Å²) in [5.74, 6) is -1.07. The van der Waals surface area contributed by atoms with Gasteiger partial charge in [0.05, 0.1) is 11.1 Å². The van der Waals surface area contributed by atoms with Gasteiger partial charge < -0.3 is 10.2 Å². The standard InChI is InChI=1S/C8H4F6O.CHNO/c9-7(10,11)4-1-5(8(12,13)14)3-6(15)2-4;2-1-3/h1-3,15H;3H. The van der Waals surface area contributed by atoms with Gasteiger partial charge in [0.25, 0.3) is 6.26 Å². The Hall–Kier alpha value is -2.11. The smallest absolute Gasteiger partial charge is 0.416 e. The molecule has 0 aromatic heterocycles. The maximum Gasteiger partial charge on any atom is 0.416 e. The fraction of sp³-hybridized carbons (Fsp3) is 0.222. The molecule has 1 aromatic carbocycles. The van der Waals surface area contributed by atoms with Crippen LogP contribution < -0.4 is 0 Å². The van der Waals surface area contributed by atoms with Gasteiger partial charge in [-0.2, -0.15) is 31.6 Å². The Morgan fingerprint density at radius 3 is 1.39 bits per heavy atom. The minimum absolute atomic E-state index is 0.0558. The van der Waals surface area contributed by atoms with E-state index in [9.17, 15) is 26.3 Å². The number of aliphatic hydroxyl groups is 1. The second-order valence-corrected chi connectivity index (χ2v) is 2.86. The van der Waals surface area contributed by atoms with Crippen LogP contribution in [0.5, 0.6) is 5.75 Å². The number of hydrogen-bond donors (Lipinski definition) is 2. The molecule has 0 heterocycles. The summed E-state index contributed by atoms with van der Waals surface area (Å²) in [5, 5.41) is 22.5. The number of benzene rings is 1. The number of alkyl halides is 6. The number of aliphatic hydroxyl groups excluding tert-OH is 1. The summed E-state index contributed by atoms with van der Waals surface area (Å²) in [6.45, 7) is 0. The second kappa shape index (κ2) is 5.48. The molecule has 0 fully saturated rings. The highest BCUT2D eigenvalue weighted by Crippen LogP contribution is 2.37. The van der Waals surface area contributed by atoms with Crippen LogP contribution in [-0.4, -0.2) is 10.2 Å². The third kappa shape index (κ3) is 4.82. The van der Waals surface area contributed by atoms with Crippen molar-refractivity contribution < 1.29 is 36.6 Å². The Kier molecular flexibility index (Phi) is 4.84. The molecule has 0 spiro atoms. The number of hydrogen-bond acceptors (Lipinski definition) is 3. The molecule has 0 bridgehead atoms. The molecule has 0 aliphatic rings. The summed E-state index contributed by atoms with van der Waals surface area (Å²) >= 11 is 0. The molecule has 3 nitrogen and oxygen atoms in total. The van der Waals surface area contributed by atoms with Crippen LogP contribution in [0.3, 0.4) is 0 Å². The van der Waals surface area contributed by atoms with Crippen molar-refractivity contribution in [2.45, 2.75) is 12.4 Å². The third-order valence-corrected chi connectivity index (χ3v) is 1.57. The van der Waals surface area contributed by atoms with Crippen molar-refractivity contribution in [3.05, 3.63) is 29.3 Å². The summed E-state index contributed by atoms with van der Waals surface area (Å²) in [5.41, 5.74) is -3.07. The largest absolute Gasteiger partial charge is 0.508 e. The molecule has 0 radical (unpaired) electrons. The number of aromatic hydroxyl groups is 1. The molecule has 1 rings (SSSR count). The van der Waals surface area contributed by atoms with Gasteiger partial charge in [0.15, 0.2) is 0 Å². The van der Waals surface area contributed by atoms with E-state index in [-0.39, 0.29) is 18.2 Å². The molecule has 100 valence electrons. The van der Waals surface area contributed by atoms with Gasteiger partial charge in [0.1, 0.15) is 5.75 Å². The summed E-state index contributed by atoms with van der Waals surface area (Å²) in [7, 11) is 0. The van der Waals surface area contributed by atoms with Crippen molar-refractivity contribution in [2.75, 3.05) is 0 Å². The maximum absolute atomic E-state index is 12.1. The Morgan fingerprint density at radius 2 is 1.17 bits per heavy atom. The van der Waals surface area contributed by atoms with E-state index in [4.69, 9.17) is 15.5 Å². The summed E-state index contributed by atoms with van der Waals surface area (Å²) in [4.78, 5) is 0. The molecule has 18 heavy (non-hydrogen) atoms. The van der Waals surface area contributed by atoms with Gasteiger partial charge in [-0.1, -0.05) is 0 Å². The first-order chi connectivity index (χ1) is 8.02. The normalized spacial score (nSPS) is 11.2. The Morgan fingerprint density at radius 1 is 0.889 bits per heavy atom. The summed E-state index contributed by atoms with van der Waals surface area (Å²) < 4.78 is 72.3. The Balaban J connectivity index is 0.000000873.